The summed E-state index contributed by atoms with van der Waals surface area (Å²) in [6, 6.07) is 0.327. The molecule has 1 N–H and O–H groups in total. The second kappa shape index (κ2) is 8.04. The number of likely N-dealkylation sites (tertiary alicyclic amines) is 1. The van der Waals surface area contributed by atoms with Gasteiger partial charge in [-0.15, -0.1) is 11.3 Å². The third-order valence-corrected chi connectivity index (χ3v) is 5.39. The van der Waals surface area contributed by atoms with E-state index in [4.69, 9.17) is 4.74 Å². The van der Waals surface area contributed by atoms with Crippen LogP contribution in [0.2, 0.25) is 0 Å². The van der Waals surface area contributed by atoms with Crippen molar-refractivity contribution < 1.29 is 9.53 Å². The Morgan fingerprint density at radius 2 is 2.09 bits per heavy atom. The van der Waals surface area contributed by atoms with Crippen LogP contribution in [-0.4, -0.2) is 48.1 Å². The first-order valence-corrected chi connectivity index (χ1v) is 9.14. The summed E-state index contributed by atoms with van der Waals surface area (Å²) in [4.78, 5) is 20.1. The lowest BCUT2D eigenvalue weighted by atomic mass is 9.93. The molecule has 0 aromatic carbocycles. The predicted molar refractivity (Wildman–Crippen MR) is 86.7 cm³/mol. The average molecular weight is 323 g/mol. The molecule has 5 nitrogen and oxygen atoms in total. The van der Waals surface area contributed by atoms with E-state index in [1.54, 1.807) is 11.3 Å². The molecule has 0 saturated carbocycles. The number of amides is 1. The van der Waals surface area contributed by atoms with E-state index in [-0.39, 0.29) is 5.91 Å². The summed E-state index contributed by atoms with van der Waals surface area (Å²) in [6.45, 7) is 4.74. The highest BCUT2D eigenvalue weighted by Crippen LogP contribution is 2.22. The minimum absolute atomic E-state index is 0.229. The van der Waals surface area contributed by atoms with E-state index in [2.05, 4.69) is 15.2 Å². The zero-order chi connectivity index (χ0) is 15.2. The number of hydrogen-bond acceptors (Lipinski definition) is 5. The number of aromatic nitrogens is 1. The maximum atomic E-state index is 12.1. The van der Waals surface area contributed by atoms with Crippen molar-refractivity contribution in [2.24, 2.45) is 5.92 Å². The van der Waals surface area contributed by atoms with Gasteiger partial charge in [0, 0.05) is 43.3 Å². The highest BCUT2D eigenvalue weighted by molar-refractivity contribution is 7.09. The SMILES string of the molecule is O=C(CC1CCN(Cc2cncs2)CC1)NC1CCOCC1. The fraction of sp³-hybridized carbons (Fsp3) is 0.750. The number of nitrogens with one attached hydrogen (secondary N) is 1. The minimum Gasteiger partial charge on any atom is -0.381 e. The Morgan fingerprint density at radius 3 is 2.77 bits per heavy atom. The van der Waals surface area contributed by atoms with Crippen LogP contribution >= 0.6 is 11.3 Å². The molecule has 1 amide bonds. The molecule has 122 valence electrons. The van der Waals surface area contributed by atoms with Crippen LogP contribution in [0.25, 0.3) is 0 Å². The summed E-state index contributed by atoms with van der Waals surface area (Å²) in [5.41, 5.74) is 1.89. The van der Waals surface area contributed by atoms with Crippen LogP contribution in [0.15, 0.2) is 11.7 Å². The number of thiazole rings is 1. The molecule has 2 fully saturated rings. The second-order valence-electron chi connectivity index (χ2n) is 6.35. The van der Waals surface area contributed by atoms with Gasteiger partial charge < -0.3 is 10.1 Å². The molecular weight excluding hydrogens is 298 g/mol. The van der Waals surface area contributed by atoms with Crippen molar-refractivity contribution in [2.45, 2.75) is 44.7 Å². The van der Waals surface area contributed by atoms with Gasteiger partial charge in [0.2, 0.25) is 5.91 Å². The monoisotopic (exact) mass is 323 g/mol. The number of carbonyl (C=O) groups is 1. The molecule has 1 aromatic rings. The van der Waals surface area contributed by atoms with E-state index >= 15 is 0 Å². The van der Waals surface area contributed by atoms with E-state index in [0.717, 1.165) is 58.5 Å². The van der Waals surface area contributed by atoms with Gasteiger partial charge in [0.1, 0.15) is 0 Å². The van der Waals surface area contributed by atoms with Gasteiger partial charge in [0.15, 0.2) is 0 Å². The van der Waals surface area contributed by atoms with Gasteiger partial charge in [-0.05, 0) is 44.7 Å². The van der Waals surface area contributed by atoms with Gasteiger partial charge in [0.05, 0.1) is 5.51 Å². The molecule has 0 aliphatic carbocycles. The third-order valence-electron chi connectivity index (χ3n) is 4.63. The van der Waals surface area contributed by atoms with Crippen LogP contribution in [-0.2, 0) is 16.1 Å². The van der Waals surface area contributed by atoms with Crippen LogP contribution in [0.3, 0.4) is 0 Å². The van der Waals surface area contributed by atoms with Crippen molar-refractivity contribution in [1.29, 1.82) is 0 Å². The quantitative estimate of drug-likeness (QED) is 0.901. The fourth-order valence-electron chi connectivity index (χ4n) is 3.28. The topological polar surface area (TPSA) is 54.5 Å². The summed E-state index contributed by atoms with van der Waals surface area (Å²) in [6.07, 6.45) is 6.81. The fourth-order valence-corrected chi connectivity index (χ4v) is 3.92. The van der Waals surface area contributed by atoms with Crippen LogP contribution in [0.5, 0.6) is 0 Å². The van der Waals surface area contributed by atoms with Crippen molar-refractivity contribution >= 4 is 17.2 Å². The Morgan fingerprint density at radius 1 is 1.32 bits per heavy atom. The van der Waals surface area contributed by atoms with Crippen LogP contribution < -0.4 is 5.32 Å². The van der Waals surface area contributed by atoms with E-state index in [1.807, 2.05) is 11.7 Å². The van der Waals surface area contributed by atoms with E-state index in [1.165, 1.54) is 4.88 Å². The number of nitrogens with zero attached hydrogens (tertiary/aromatic N) is 2. The Kier molecular flexibility index (Phi) is 5.81. The molecule has 2 aliphatic heterocycles. The van der Waals surface area contributed by atoms with Crippen molar-refractivity contribution in [3.8, 4) is 0 Å². The highest BCUT2D eigenvalue weighted by Gasteiger charge is 2.23. The number of ether oxygens (including phenoxy) is 1. The molecule has 6 heteroatoms. The van der Waals surface area contributed by atoms with E-state index < -0.39 is 0 Å². The van der Waals surface area contributed by atoms with Crippen LogP contribution in [0.4, 0.5) is 0 Å². The third kappa shape index (κ3) is 4.76. The first kappa shape index (κ1) is 15.9. The summed E-state index contributed by atoms with van der Waals surface area (Å²) in [7, 11) is 0. The predicted octanol–water partition coefficient (Wildman–Crippen LogP) is 2.04. The summed E-state index contributed by atoms with van der Waals surface area (Å²) >= 11 is 1.72. The first-order valence-electron chi connectivity index (χ1n) is 8.26. The highest BCUT2D eigenvalue weighted by atomic mass is 32.1. The van der Waals surface area contributed by atoms with E-state index in [9.17, 15) is 4.79 Å². The second-order valence-corrected chi connectivity index (χ2v) is 7.32. The number of carbonyl (C=O) groups excluding carboxylic acids is 1. The van der Waals surface area contributed by atoms with Gasteiger partial charge in [-0.25, -0.2) is 0 Å². The molecule has 0 radical (unpaired) electrons. The van der Waals surface area contributed by atoms with Gasteiger partial charge in [-0.2, -0.15) is 0 Å². The van der Waals surface area contributed by atoms with Crippen LogP contribution in [0, 0.1) is 5.92 Å². The van der Waals surface area contributed by atoms with Crippen molar-refractivity contribution in [3.05, 3.63) is 16.6 Å². The van der Waals surface area contributed by atoms with E-state index in [0.29, 0.717) is 18.4 Å². The lowest BCUT2D eigenvalue weighted by Crippen LogP contribution is -2.41. The first-order chi connectivity index (χ1) is 10.8. The Bertz CT molecular complexity index is 452. The Balaban J connectivity index is 1.35. The van der Waals surface area contributed by atoms with Crippen molar-refractivity contribution in [2.75, 3.05) is 26.3 Å². The normalized spacial score (nSPS) is 21.8. The lowest BCUT2D eigenvalue weighted by Gasteiger charge is -2.31. The van der Waals surface area contributed by atoms with Gasteiger partial charge in [0.25, 0.3) is 0 Å². The van der Waals surface area contributed by atoms with Crippen LogP contribution in [0.1, 0.15) is 37.0 Å². The maximum absolute atomic E-state index is 12.1. The molecule has 3 heterocycles. The molecule has 3 rings (SSSR count). The lowest BCUT2D eigenvalue weighted by molar-refractivity contribution is -0.123. The van der Waals surface area contributed by atoms with Crippen molar-refractivity contribution in [3.63, 3.8) is 0 Å². The summed E-state index contributed by atoms with van der Waals surface area (Å²) in [5.74, 6) is 0.769. The molecule has 2 saturated heterocycles. The molecular formula is C16H25N3O2S. The summed E-state index contributed by atoms with van der Waals surface area (Å²) < 4.78 is 5.33. The minimum atomic E-state index is 0.229. The smallest absolute Gasteiger partial charge is 0.220 e. The Labute approximate surface area is 136 Å². The Hall–Kier alpha value is -0.980. The maximum Gasteiger partial charge on any atom is 0.220 e. The summed E-state index contributed by atoms with van der Waals surface area (Å²) in [5, 5.41) is 3.17. The zero-order valence-corrected chi connectivity index (χ0v) is 13.8. The molecule has 1 aromatic heterocycles. The van der Waals surface area contributed by atoms with Gasteiger partial charge in [-0.1, -0.05) is 0 Å². The molecule has 0 spiro atoms. The van der Waals surface area contributed by atoms with Gasteiger partial charge >= 0.3 is 0 Å². The molecule has 22 heavy (non-hydrogen) atoms. The number of rotatable bonds is 5. The standard InChI is InChI=1S/C16H25N3O2S/c20-16(18-14-3-7-21-8-4-14)9-13-1-5-19(6-2-13)11-15-10-17-12-22-15/h10,12-14H,1-9,11H2,(H,18,20). The average Bonchev–Trinajstić information content (AvgIpc) is 3.03. The molecule has 0 unspecified atom stereocenters. The van der Waals surface area contributed by atoms with Gasteiger partial charge in [-0.3, -0.25) is 14.7 Å². The zero-order valence-electron chi connectivity index (χ0n) is 13.0. The van der Waals surface area contributed by atoms with Crippen molar-refractivity contribution in [1.82, 2.24) is 15.2 Å². The number of piperidine rings is 1. The molecule has 0 atom stereocenters. The molecule has 2 aliphatic rings. The number of hydrogen-bond donors (Lipinski definition) is 1. The largest absolute Gasteiger partial charge is 0.381 e. The molecule has 0 bridgehead atoms.